The molecule has 1 aromatic rings. The molecule has 0 atom stereocenters. The van der Waals surface area contributed by atoms with Gasteiger partial charge in [-0.05, 0) is 17.0 Å². The average molecular weight is 193 g/mol. The summed E-state index contributed by atoms with van der Waals surface area (Å²) in [6, 6.07) is 7.76. The fourth-order valence-electron chi connectivity index (χ4n) is 1.47. The molecule has 0 aliphatic rings. The van der Waals surface area contributed by atoms with Crippen molar-refractivity contribution in [3.05, 3.63) is 35.4 Å². The first kappa shape index (κ1) is 10.7. The van der Waals surface area contributed by atoms with Crippen LogP contribution in [0, 0.1) is 0 Å². The lowest BCUT2D eigenvalue weighted by Crippen LogP contribution is -2.21. The normalized spacial score (nSPS) is 10.3. The minimum atomic E-state index is -0.377. The molecule has 0 spiro atoms. The van der Waals surface area contributed by atoms with Crippen LogP contribution in [0.25, 0.3) is 0 Å². The molecule has 3 heteroatoms. The van der Waals surface area contributed by atoms with E-state index in [9.17, 15) is 4.79 Å². The molecule has 2 N–H and O–H groups in total. The average Bonchev–Trinajstić information content (AvgIpc) is 2.18. The molecule has 1 amide bonds. The summed E-state index contributed by atoms with van der Waals surface area (Å²) in [7, 11) is 0. The number of carbonyl (C=O) groups is 1. The molecule has 0 saturated heterocycles. The van der Waals surface area contributed by atoms with E-state index >= 15 is 0 Å². The van der Waals surface area contributed by atoms with Gasteiger partial charge in [0.05, 0.1) is 6.42 Å². The first-order valence-corrected chi connectivity index (χ1v) is 4.66. The summed E-state index contributed by atoms with van der Waals surface area (Å²) in [5.41, 5.74) is 3.76. The second-order valence-corrected chi connectivity index (χ2v) is 3.57. The molecule has 0 saturated carbocycles. The fraction of sp³-hybridized carbons (Fsp3) is 0.364. The first-order valence-electron chi connectivity index (χ1n) is 4.66. The van der Waals surface area contributed by atoms with E-state index in [0.717, 1.165) is 11.1 Å². The second-order valence-electron chi connectivity index (χ2n) is 3.57. The second kappa shape index (κ2) is 4.77. The molecule has 0 aliphatic heterocycles. The lowest BCUT2D eigenvalue weighted by Gasteiger charge is -2.11. The highest BCUT2D eigenvalue weighted by Crippen LogP contribution is 2.19. The van der Waals surface area contributed by atoms with E-state index in [2.05, 4.69) is 13.8 Å². The van der Waals surface area contributed by atoms with Gasteiger partial charge in [0, 0.05) is 0 Å². The van der Waals surface area contributed by atoms with Crippen LogP contribution in [0.4, 0.5) is 0 Å². The van der Waals surface area contributed by atoms with Crippen molar-refractivity contribution in [3.8, 4) is 0 Å². The maximum atomic E-state index is 11.0. The Morgan fingerprint density at radius 2 is 2.07 bits per heavy atom. The lowest BCUT2D eigenvalue weighted by molar-refractivity contribution is -0.128. The predicted molar refractivity (Wildman–Crippen MR) is 54.2 cm³/mol. The molecule has 1 rings (SSSR count). The Morgan fingerprint density at radius 1 is 1.43 bits per heavy atom. The van der Waals surface area contributed by atoms with Crippen LogP contribution in [-0.4, -0.2) is 11.1 Å². The van der Waals surface area contributed by atoms with E-state index in [0.29, 0.717) is 5.92 Å². The maximum absolute atomic E-state index is 11.0. The van der Waals surface area contributed by atoms with Crippen LogP contribution in [0.5, 0.6) is 0 Å². The largest absolute Gasteiger partial charge is 0.289 e. The third kappa shape index (κ3) is 2.57. The molecule has 0 fully saturated rings. The van der Waals surface area contributed by atoms with Gasteiger partial charge >= 0.3 is 0 Å². The third-order valence-electron chi connectivity index (χ3n) is 2.15. The summed E-state index contributed by atoms with van der Waals surface area (Å²) in [6.45, 7) is 4.16. The van der Waals surface area contributed by atoms with Crippen LogP contribution in [0.3, 0.4) is 0 Å². The Labute approximate surface area is 83.7 Å². The van der Waals surface area contributed by atoms with Crippen molar-refractivity contribution in [2.24, 2.45) is 0 Å². The fourth-order valence-corrected chi connectivity index (χ4v) is 1.47. The quantitative estimate of drug-likeness (QED) is 0.568. The van der Waals surface area contributed by atoms with Gasteiger partial charge in [0.15, 0.2) is 0 Å². The third-order valence-corrected chi connectivity index (χ3v) is 2.15. The molecule has 14 heavy (non-hydrogen) atoms. The van der Waals surface area contributed by atoms with Gasteiger partial charge in [0.2, 0.25) is 5.91 Å². The van der Waals surface area contributed by atoms with Crippen LogP contribution in [0.2, 0.25) is 0 Å². The van der Waals surface area contributed by atoms with Gasteiger partial charge in [0.1, 0.15) is 0 Å². The van der Waals surface area contributed by atoms with Gasteiger partial charge in [-0.25, -0.2) is 5.48 Å². The van der Waals surface area contributed by atoms with E-state index in [4.69, 9.17) is 5.21 Å². The van der Waals surface area contributed by atoms with Crippen LogP contribution in [-0.2, 0) is 11.2 Å². The van der Waals surface area contributed by atoms with E-state index in [1.807, 2.05) is 24.3 Å². The molecule has 3 nitrogen and oxygen atoms in total. The summed E-state index contributed by atoms with van der Waals surface area (Å²) in [4.78, 5) is 11.0. The van der Waals surface area contributed by atoms with Gasteiger partial charge in [-0.15, -0.1) is 0 Å². The van der Waals surface area contributed by atoms with E-state index < -0.39 is 0 Å². The Bertz CT molecular complexity index is 321. The van der Waals surface area contributed by atoms with Crippen LogP contribution < -0.4 is 5.48 Å². The zero-order chi connectivity index (χ0) is 10.6. The highest BCUT2D eigenvalue weighted by molar-refractivity contribution is 5.77. The Kier molecular flexibility index (Phi) is 3.65. The molecule has 1 aromatic carbocycles. The minimum absolute atomic E-state index is 0.227. The number of rotatable bonds is 3. The SMILES string of the molecule is CC(C)c1ccccc1CC(=O)NO. The molecular formula is C11H15NO2. The van der Waals surface area contributed by atoms with Crippen LogP contribution in [0.15, 0.2) is 24.3 Å². The summed E-state index contributed by atoms with van der Waals surface area (Å²) < 4.78 is 0. The summed E-state index contributed by atoms with van der Waals surface area (Å²) in [5.74, 6) is 0.00999. The Morgan fingerprint density at radius 3 is 2.64 bits per heavy atom. The van der Waals surface area contributed by atoms with Crippen molar-refractivity contribution in [3.63, 3.8) is 0 Å². The highest BCUT2D eigenvalue weighted by atomic mass is 16.5. The van der Waals surface area contributed by atoms with Gasteiger partial charge in [-0.3, -0.25) is 10.0 Å². The molecule has 0 heterocycles. The van der Waals surface area contributed by atoms with Crippen LogP contribution in [0.1, 0.15) is 30.9 Å². The van der Waals surface area contributed by atoms with Crippen molar-refractivity contribution in [1.29, 1.82) is 0 Å². The maximum Gasteiger partial charge on any atom is 0.247 e. The van der Waals surface area contributed by atoms with E-state index in [1.54, 1.807) is 5.48 Å². The smallest absolute Gasteiger partial charge is 0.247 e. The number of hydrogen-bond donors (Lipinski definition) is 2. The lowest BCUT2D eigenvalue weighted by atomic mass is 9.95. The number of amides is 1. The molecular weight excluding hydrogens is 178 g/mol. The number of nitrogens with one attached hydrogen (secondary N) is 1. The molecule has 0 unspecified atom stereocenters. The topological polar surface area (TPSA) is 49.3 Å². The Balaban J connectivity index is 2.90. The number of hydrogen-bond acceptors (Lipinski definition) is 2. The minimum Gasteiger partial charge on any atom is -0.289 e. The molecule has 0 aliphatic carbocycles. The summed E-state index contributed by atoms with van der Waals surface area (Å²) in [6.07, 6.45) is 0.227. The number of benzene rings is 1. The zero-order valence-corrected chi connectivity index (χ0v) is 8.45. The standard InChI is InChI=1S/C11H15NO2/c1-8(2)10-6-4-3-5-9(10)7-11(13)12-14/h3-6,8,14H,7H2,1-2H3,(H,12,13). The highest BCUT2D eigenvalue weighted by Gasteiger charge is 2.08. The van der Waals surface area contributed by atoms with Crippen molar-refractivity contribution in [1.82, 2.24) is 5.48 Å². The van der Waals surface area contributed by atoms with Crippen molar-refractivity contribution in [2.45, 2.75) is 26.2 Å². The number of carbonyl (C=O) groups excluding carboxylic acids is 1. The monoisotopic (exact) mass is 193 g/mol. The number of hydroxylamine groups is 1. The van der Waals surface area contributed by atoms with E-state index in [-0.39, 0.29) is 12.3 Å². The summed E-state index contributed by atoms with van der Waals surface area (Å²) in [5, 5.41) is 8.43. The van der Waals surface area contributed by atoms with Gasteiger partial charge in [-0.2, -0.15) is 0 Å². The molecule has 0 bridgehead atoms. The van der Waals surface area contributed by atoms with Crippen molar-refractivity contribution < 1.29 is 10.0 Å². The van der Waals surface area contributed by atoms with Gasteiger partial charge in [0.25, 0.3) is 0 Å². The molecule has 0 radical (unpaired) electrons. The summed E-state index contributed by atoms with van der Waals surface area (Å²) >= 11 is 0. The zero-order valence-electron chi connectivity index (χ0n) is 8.45. The molecule has 0 aromatic heterocycles. The van der Waals surface area contributed by atoms with Crippen LogP contribution >= 0.6 is 0 Å². The first-order chi connectivity index (χ1) is 6.65. The van der Waals surface area contributed by atoms with Gasteiger partial charge in [-0.1, -0.05) is 38.1 Å². The van der Waals surface area contributed by atoms with Gasteiger partial charge < -0.3 is 0 Å². The van der Waals surface area contributed by atoms with E-state index in [1.165, 1.54) is 0 Å². The van der Waals surface area contributed by atoms with Crippen molar-refractivity contribution >= 4 is 5.91 Å². The molecule has 76 valence electrons. The van der Waals surface area contributed by atoms with Crippen molar-refractivity contribution in [2.75, 3.05) is 0 Å². The Hall–Kier alpha value is -1.35. The predicted octanol–water partition coefficient (Wildman–Crippen LogP) is 1.86.